The molecule has 6 heteroatoms. The highest BCUT2D eigenvalue weighted by Gasteiger charge is 2.25. The topological polar surface area (TPSA) is 75.6 Å². The molecule has 0 heterocycles. The number of benzene rings is 1. The maximum absolute atomic E-state index is 11.9. The molecule has 110 valence electrons. The molecule has 1 aromatic rings. The lowest BCUT2D eigenvalue weighted by Gasteiger charge is -2.21. The van der Waals surface area contributed by atoms with Crippen LogP contribution in [-0.4, -0.2) is 24.1 Å². The van der Waals surface area contributed by atoms with Gasteiger partial charge in [-0.05, 0) is 17.5 Å². The first-order chi connectivity index (χ1) is 9.23. The molecule has 20 heavy (non-hydrogen) atoms. The van der Waals surface area contributed by atoms with E-state index in [4.69, 9.17) is 21.4 Å². The lowest BCUT2D eigenvalue weighted by atomic mass is 9.85. The van der Waals surface area contributed by atoms with Gasteiger partial charge in [-0.15, -0.1) is 0 Å². The summed E-state index contributed by atoms with van der Waals surface area (Å²) in [5.41, 5.74) is -0.0470. The van der Waals surface area contributed by atoms with Gasteiger partial charge in [0.2, 0.25) is 5.91 Å². The molecule has 0 aliphatic carbocycles. The number of carbonyl (C=O) groups excluding carboxylic acids is 1. The second-order valence-corrected chi connectivity index (χ2v) is 5.72. The molecular formula is C14H18ClNO4. The zero-order chi connectivity index (χ0) is 15.3. The van der Waals surface area contributed by atoms with Crippen LogP contribution in [-0.2, 0) is 9.59 Å². The minimum atomic E-state index is -0.920. The van der Waals surface area contributed by atoms with Gasteiger partial charge in [-0.2, -0.15) is 0 Å². The molecule has 0 aromatic heterocycles. The van der Waals surface area contributed by atoms with E-state index >= 15 is 0 Å². The number of aliphatic carboxylic acids is 1. The quantitative estimate of drug-likeness (QED) is 0.846. The molecule has 0 saturated heterocycles. The first kappa shape index (κ1) is 16.3. The predicted molar refractivity (Wildman–Crippen MR) is 77.3 cm³/mol. The Morgan fingerprint density at radius 3 is 2.55 bits per heavy atom. The third-order valence-corrected chi connectivity index (χ3v) is 3.02. The highest BCUT2D eigenvalue weighted by molar-refractivity contribution is 6.32. The lowest BCUT2D eigenvalue weighted by molar-refractivity contribution is -0.139. The van der Waals surface area contributed by atoms with Gasteiger partial charge in [0, 0.05) is 18.2 Å². The van der Waals surface area contributed by atoms with Crippen LogP contribution in [0.15, 0.2) is 18.2 Å². The third-order valence-electron chi connectivity index (χ3n) is 2.70. The summed E-state index contributed by atoms with van der Waals surface area (Å²) in [5.74, 6) is -0.703. The SMILES string of the molecule is COc1cc(NC(=O)CC(C)(C)CC(=O)O)ccc1Cl. The number of carboxylic acid groups (broad SMARTS) is 1. The minimum Gasteiger partial charge on any atom is -0.495 e. The second-order valence-electron chi connectivity index (χ2n) is 5.31. The Hall–Kier alpha value is -1.75. The van der Waals surface area contributed by atoms with Crippen molar-refractivity contribution in [2.24, 2.45) is 5.41 Å². The zero-order valence-corrected chi connectivity index (χ0v) is 12.5. The Kier molecular flexibility index (Phi) is 5.39. The summed E-state index contributed by atoms with van der Waals surface area (Å²) >= 11 is 5.89. The monoisotopic (exact) mass is 299 g/mol. The van der Waals surface area contributed by atoms with Crippen LogP contribution < -0.4 is 10.1 Å². The number of hydrogen-bond donors (Lipinski definition) is 2. The molecule has 0 atom stereocenters. The first-order valence-corrected chi connectivity index (χ1v) is 6.46. The molecule has 0 spiro atoms. The molecule has 1 amide bonds. The number of rotatable bonds is 6. The molecule has 0 fully saturated rings. The summed E-state index contributed by atoms with van der Waals surface area (Å²) in [7, 11) is 1.49. The lowest BCUT2D eigenvalue weighted by Crippen LogP contribution is -2.24. The number of amides is 1. The van der Waals surface area contributed by atoms with E-state index in [9.17, 15) is 9.59 Å². The van der Waals surface area contributed by atoms with Crippen molar-refractivity contribution in [1.29, 1.82) is 0 Å². The highest BCUT2D eigenvalue weighted by atomic mass is 35.5. The van der Waals surface area contributed by atoms with Crippen LogP contribution in [0, 0.1) is 5.41 Å². The van der Waals surface area contributed by atoms with Crippen molar-refractivity contribution in [2.75, 3.05) is 12.4 Å². The van der Waals surface area contributed by atoms with Crippen LogP contribution in [0.4, 0.5) is 5.69 Å². The third kappa shape index (κ3) is 5.09. The Balaban J connectivity index is 2.69. The normalized spacial score (nSPS) is 11.0. The number of ether oxygens (including phenoxy) is 1. The van der Waals surface area contributed by atoms with Crippen molar-refractivity contribution in [3.8, 4) is 5.75 Å². The molecule has 1 aromatic carbocycles. The van der Waals surface area contributed by atoms with E-state index in [0.29, 0.717) is 16.5 Å². The maximum atomic E-state index is 11.9. The Labute approximate surface area is 122 Å². The summed E-state index contributed by atoms with van der Waals surface area (Å²) in [4.78, 5) is 22.6. The van der Waals surface area contributed by atoms with Gasteiger partial charge in [0.05, 0.1) is 18.6 Å². The fraction of sp³-hybridized carbons (Fsp3) is 0.429. The Morgan fingerprint density at radius 1 is 1.35 bits per heavy atom. The Bertz CT molecular complexity index is 514. The van der Waals surface area contributed by atoms with Crippen LogP contribution in [0.2, 0.25) is 5.02 Å². The van der Waals surface area contributed by atoms with Gasteiger partial charge in [0.15, 0.2) is 0 Å². The van der Waals surface area contributed by atoms with Crippen molar-refractivity contribution in [1.82, 2.24) is 0 Å². The first-order valence-electron chi connectivity index (χ1n) is 6.09. The van der Waals surface area contributed by atoms with E-state index in [1.54, 1.807) is 32.0 Å². The highest BCUT2D eigenvalue weighted by Crippen LogP contribution is 2.29. The van der Waals surface area contributed by atoms with Crippen LogP contribution in [0.3, 0.4) is 0 Å². The average molecular weight is 300 g/mol. The fourth-order valence-electron chi connectivity index (χ4n) is 1.85. The van der Waals surface area contributed by atoms with Crippen LogP contribution in [0.5, 0.6) is 5.75 Å². The van der Waals surface area contributed by atoms with E-state index in [2.05, 4.69) is 5.32 Å². The van der Waals surface area contributed by atoms with Gasteiger partial charge in [-0.25, -0.2) is 0 Å². The van der Waals surface area contributed by atoms with Gasteiger partial charge < -0.3 is 15.2 Å². The molecule has 0 radical (unpaired) electrons. The smallest absolute Gasteiger partial charge is 0.303 e. The number of methoxy groups -OCH3 is 1. The molecule has 0 saturated carbocycles. The van der Waals surface area contributed by atoms with Crippen LogP contribution in [0.1, 0.15) is 26.7 Å². The molecule has 1 rings (SSSR count). The molecule has 2 N–H and O–H groups in total. The van der Waals surface area contributed by atoms with Gasteiger partial charge in [0.25, 0.3) is 0 Å². The van der Waals surface area contributed by atoms with Crippen LogP contribution >= 0.6 is 11.6 Å². The van der Waals surface area contributed by atoms with Crippen molar-refractivity contribution in [2.45, 2.75) is 26.7 Å². The van der Waals surface area contributed by atoms with Crippen molar-refractivity contribution >= 4 is 29.2 Å². The number of hydrogen-bond acceptors (Lipinski definition) is 3. The van der Waals surface area contributed by atoms with Gasteiger partial charge in [-0.1, -0.05) is 25.4 Å². The molecule has 0 aliphatic heterocycles. The molecular weight excluding hydrogens is 282 g/mol. The van der Waals surface area contributed by atoms with E-state index in [1.165, 1.54) is 7.11 Å². The summed E-state index contributed by atoms with van der Waals surface area (Å²) in [6, 6.07) is 4.90. The molecule has 0 aliphatic rings. The van der Waals surface area contributed by atoms with Crippen molar-refractivity contribution in [3.05, 3.63) is 23.2 Å². The van der Waals surface area contributed by atoms with E-state index in [1.807, 2.05) is 0 Å². The summed E-state index contributed by atoms with van der Waals surface area (Å²) < 4.78 is 5.06. The van der Waals surface area contributed by atoms with Crippen molar-refractivity contribution in [3.63, 3.8) is 0 Å². The summed E-state index contributed by atoms with van der Waals surface area (Å²) in [5, 5.41) is 11.9. The predicted octanol–water partition coefficient (Wildman–Crippen LogP) is 3.18. The number of nitrogens with one attached hydrogen (secondary N) is 1. The van der Waals surface area contributed by atoms with Crippen molar-refractivity contribution < 1.29 is 19.4 Å². The van der Waals surface area contributed by atoms with E-state index in [-0.39, 0.29) is 18.7 Å². The average Bonchev–Trinajstić information content (AvgIpc) is 2.28. The standard InChI is InChI=1S/C14H18ClNO4/c1-14(2,8-13(18)19)7-12(17)16-9-4-5-10(15)11(6-9)20-3/h4-6H,7-8H2,1-3H3,(H,16,17)(H,18,19). The second kappa shape index (κ2) is 6.61. The maximum Gasteiger partial charge on any atom is 0.303 e. The summed E-state index contributed by atoms with van der Waals surface area (Å²) in [6.45, 7) is 3.48. The van der Waals surface area contributed by atoms with Gasteiger partial charge >= 0.3 is 5.97 Å². The number of halogens is 1. The van der Waals surface area contributed by atoms with Gasteiger partial charge in [-0.3, -0.25) is 9.59 Å². The molecule has 0 unspecified atom stereocenters. The number of carboxylic acids is 1. The molecule has 5 nitrogen and oxygen atoms in total. The van der Waals surface area contributed by atoms with E-state index < -0.39 is 11.4 Å². The largest absolute Gasteiger partial charge is 0.495 e. The van der Waals surface area contributed by atoms with E-state index in [0.717, 1.165) is 0 Å². The van der Waals surface area contributed by atoms with Crippen LogP contribution in [0.25, 0.3) is 0 Å². The number of anilines is 1. The van der Waals surface area contributed by atoms with Gasteiger partial charge in [0.1, 0.15) is 5.75 Å². The zero-order valence-electron chi connectivity index (χ0n) is 11.7. The fourth-order valence-corrected chi connectivity index (χ4v) is 2.04. The summed E-state index contributed by atoms with van der Waals surface area (Å²) in [6.07, 6.45) is 0.0502. The number of carbonyl (C=O) groups is 2. The Morgan fingerprint density at radius 2 is 2.00 bits per heavy atom. The minimum absolute atomic E-state index is 0.0651. The molecule has 0 bridgehead atoms.